The number of aromatic nitrogens is 2. The normalized spacial score (nSPS) is 13.3. The minimum atomic E-state index is -1.02. The van der Waals surface area contributed by atoms with Crippen LogP contribution in [0.2, 0.25) is 0 Å². The Kier molecular flexibility index (Phi) is 2.97. The van der Waals surface area contributed by atoms with Crippen molar-refractivity contribution in [2.75, 3.05) is 13.2 Å². The standard InChI is InChI=1S/C17H14N2O4/c1-10-2-5-14-18-15(16(17(20)21)19(14)9-10)11-3-4-12-13(8-11)23-7-6-22-12/h2-5,8-9H,6-7H2,1H3,(H,20,21). The number of pyridine rings is 1. The van der Waals surface area contributed by atoms with E-state index in [0.29, 0.717) is 41.6 Å². The highest BCUT2D eigenvalue weighted by molar-refractivity contribution is 5.95. The van der Waals surface area contributed by atoms with Crippen LogP contribution < -0.4 is 9.47 Å². The number of fused-ring (bicyclic) bond motifs is 2. The zero-order valence-corrected chi connectivity index (χ0v) is 12.4. The van der Waals surface area contributed by atoms with Gasteiger partial charge in [0.25, 0.3) is 0 Å². The van der Waals surface area contributed by atoms with E-state index in [4.69, 9.17) is 9.47 Å². The van der Waals surface area contributed by atoms with E-state index in [0.717, 1.165) is 5.56 Å². The first-order chi connectivity index (χ1) is 11.1. The minimum absolute atomic E-state index is 0.139. The van der Waals surface area contributed by atoms with Gasteiger partial charge in [-0.2, -0.15) is 0 Å². The molecule has 6 heteroatoms. The Morgan fingerprint density at radius 2 is 1.96 bits per heavy atom. The number of nitrogens with zero attached hydrogens (tertiary/aromatic N) is 2. The van der Waals surface area contributed by atoms with Gasteiger partial charge in [0.2, 0.25) is 0 Å². The summed E-state index contributed by atoms with van der Waals surface area (Å²) in [6.45, 7) is 2.90. The fraction of sp³-hybridized carbons (Fsp3) is 0.176. The van der Waals surface area contributed by atoms with Crippen LogP contribution in [0, 0.1) is 6.92 Å². The molecule has 0 amide bonds. The molecule has 0 atom stereocenters. The number of hydrogen-bond donors (Lipinski definition) is 1. The van der Waals surface area contributed by atoms with Crippen molar-refractivity contribution in [3.05, 3.63) is 47.8 Å². The van der Waals surface area contributed by atoms with Gasteiger partial charge < -0.3 is 14.6 Å². The molecule has 0 fully saturated rings. The maximum absolute atomic E-state index is 11.8. The molecule has 3 aromatic rings. The molecule has 0 aliphatic carbocycles. The Bertz CT molecular complexity index is 930. The zero-order valence-electron chi connectivity index (χ0n) is 12.4. The lowest BCUT2D eigenvalue weighted by Crippen LogP contribution is -2.15. The fourth-order valence-corrected chi connectivity index (χ4v) is 2.75. The molecule has 0 saturated heterocycles. The molecule has 3 heterocycles. The number of carboxylic acid groups (broad SMARTS) is 1. The van der Waals surface area contributed by atoms with Crippen LogP contribution in [0.15, 0.2) is 36.5 Å². The van der Waals surface area contributed by atoms with E-state index in [1.54, 1.807) is 28.8 Å². The van der Waals surface area contributed by atoms with Crippen LogP contribution in [0.3, 0.4) is 0 Å². The van der Waals surface area contributed by atoms with Crippen molar-refractivity contribution >= 4 is 11.6 Å². The van der Waals surface area contributed by atoms with Gasteiger partial charge >= 0.3 is 5.97 Å². The van der Waals surface area contributed by atoms with Crippen molar-refractivity contribution in [3.8, 4) is 22.8 Å². The molecule has 0 unspecified atom stereocenters. The van der Waals surface area contributed by atoms with Crippen LogP contribution in [0.5, 0.6) is 11.5 Å². The van der Waals surface area contributed by atoms with Crippen molar-refractivity contribution < 1.29 is 19.4 Å². The topological polar surface area (TPSA) is 73.1 Å². The van der Waals surface area contributed by atoms with Gasteiger partial charge in [0.1, 0.15) is 24.6 Å². The quantitative estimate of drug-likeness (QED) is 0.788. The third-order valence-corrected chi connectivity index (χ3v) is 3.78. The summed E-state index contributed by atoms with van der Waals surface area (Å²) in [5.74, 6) is 0.253. The predicted octanol–water partition coefficient (Wildman–Crippen LogP) is 2.78. The Hall–Kier alpha value is -3.02. The number of carboxylic acids is 1. The third-order valence-electron chi connectivity index (χ3n) is 3.78. The smallest absolute Gasteiger partial charge is 0.355 e. The zero-order chi connectivity index (χ0) is 16.0. The second kappa shape index (κ2) is 5.01. The van der Waals surface area contributed by atoms with Crippen molar-refractivity contribution in [3.63, 3.8) is 0 Å². The highest BCUT2D eigenvalue weighted by atomic mass is 16.6. The largest absolute Gasteiger partial charge is 0.486 e. The highest BCUT2D eigenvalue weighted by Crippen LogP contribution is 2.35. The molecule has 1 aromatic carbocycles. The number of benzene rings is 1. The summed E-state index contributed by atoms with van der Waals surface area (Å²) in [5, 5.41) is 9.63. The van der Waals surface area contributed by atoms with Gasteiger partial charge in [0, 0.05) is 11.8 Å². The molecule has 0 radical (unpaired) electrons. The van der Waals surface area contributed by atoms with Crippen molar-refractivity contribution in [2.45, 2.75) is 6.92 Å². The molecule has 1 aliphatic heterocycles. The predicted molar refractivity (Wildman–Crippen MR) is 83.3 cm³/mol. The highest BCUT2D eigenvalue weighted by Gasteiger charge is 2.22. The first-order valence-electron chi connectivity index (χ1n) is 7.25. The number of ether oxygens (including phenoxy) is 2. The lowest BCUT2D eigenvalue weighted by molar-refractivity contribution is 0.0690. The van der Waals surface area contributed by atoms with E-state index in [2.05, 4.69) is 4.98 Å². The average Bonchev–Trinajstić information content (AvgIpc) is 2.93. The first-order valence-corrected chi connectivity index (χ1v) is 7.25. The van der Waals surface area contributed by atoms with E-state index >= 15 is 0 Å². The maximum atomic E-state index is 11.8. The molecular weight excluding hydrogens is 296 g/mol. The molecule has 23 heavy (non-hydrogen) atoms. The fourth-order valence-electron chi connectivity index (χ4n) is 2.75. The van der Waals surface area contributed by atoms with Crippen LogP contribution in [-0.2, 0) is 0 Å². The van der Waals surface area contributed by atoms with Crippen LogP contribution >= 0.6 is 0 Å². The summed E-state index contributed by atoms with van der Waals surface area (Å²) in [7, 11) is 0. The van der Waals surface area contributed by atoms with Gasteiger partial charge in [-0.25, -0.2) is 9.78 Å². The van der Waals surface area contributed by atoms with Gasteiger partial charge in [0.15, 0.2) is 17.2 Å². The maximum Gasteiger partial charge on any atom is 0.355 e. The van der Waals surface area contributed by atoms with Crippen LogP contribution in [0.25, 0.3) is 16.9 Å². The summed E-state index contributed by atoms with van der Waals surface area (Å²) < 4.78 is 12.7. The third kappa shape index (κ3) is 2.19. The van der Waals surface area contributed by atoms with E-state index in [-0.39, 0.29) is 5.69 Å². The number of rotatable bonds is 2. The molecule has 0 bridgehead atoms. The van der Waals surface area contributed by atoms with E-state index in [1.165, 1.54) is 0 Å². The molecule has 116 valence electrons. The number of aryl methyl sites for hydroxylation is 1. The Morgan fingerprint density at radius 3 is 2.74 bits per heavy atom. The summed E-state index contributed by atoms with van der Waals surface area (Å²) in [5.41, 5.74) is 2.80. The van der Waals surface area contributed by atoms with Crippen molar-refractivity contribution in [2.24, 2.45) is 0 Å². The van der Waals surface area contributed by atoms with Crippen molar-refractivity contribution in [1.82, 2.24) is 9.38 Å². The molecule has 1 N–H and O–H groups in total. The lowest BCUT2D eigenvalue weighted by atomic mass is 10.1. The van der Waals surface area contributed by atoms with Gasteiger partial charge in [-0.15, -0.1) is 0 Å². The Balaban J connectivity index is 1.94. The van der Waals surface area contributed by atoms with Gasteiger partial charge in [-0.3, -0.25) is 4.40 Å². The monoisotopic (exact) mass is 310 g/mol. The van der Waals surface area contributed by atoms with Gasteiger partial charge in [0.05, 0.1) is 0 Å². The summed E-state index contributed by atoms with van der Waals surface area (Å²) in [6, 6.07) is 9.07. The van der Waals surface area contributed by atoms with E-state index < -0.39 is 5.97 Å². The molecule has 0 saturated carbocycles. The average molecular weight is 310 g/mol. The summed E-state index contributed by atoms with van der Waals surface area (Å²) in [4.78, 5) is 16.2. The van der Waals surface area contributed by atoms with E-state index in [1.807, 2.05) is 19.1 Å². The van der Waals surface area contributed by atoms with E-state index in [9.17, 15) is 9.90 Å². The second-order valence-corrected chi connectivity index (χ2v) is 5.41. The molecule has 4 rings (SSSR count). The van der Waals surface area contributed by atoms with Gasteiger partial charge in [-0.1, -0.05) is 6.07 Å². The SMILES string of the molecule is Cc1ccc2nc(-c3ccc4c(c3)OCCO4)c(C(=O)O)n2c1. The summed E-state index contributed by atoms with van der Waals surface area (Å²) in [6.07, 6.45) is 1.77. The Labute approximate surface area is 131 Å². The van der Waals surface area contributed by atoms with Crippen LogP contribution in [0.1, 0.15) is 16.1 Å². The van der Waals surface area contributed by atoms with Gasteiger partial charge in [-0.05, 0) is 36.8 Å². The number of carbonyl (C=O) groups is 1. The molecular formula is C17H14N2O4. The minimum Gasteiger partial charge on any atom is -0.486 e. The number of aromatic carboxylic acids is 1. The molecule has 6 nitrogen and oxygen atoms in total. The Morgan fingerprint density at radius 1 is 1.17 bits per heavy atom. The lowest BCUT2D eigenvalue weighted by Gasteiger charge is -2.18. The first kappa shape index (κ1) is 13.6. The molecule has 2 aromatic heterocycles. The molecule has 1 aliphatic rings. The number of imidazole rings is 1. The van der Waals surface area contributed by atoms with Crippen LogP contribution in [-0.4, -0.2) is 33.7 Å². The summed E-state index contributed by atoms with van der Waals surface area (Å²) >= 11 is 0. The molecule has 0 spiro atoms. The van der Waals surface area contributed by atoms with Crippen LogP contribution in [0.4, 0.5) is 0 Å². The second-order valence-electron chi connectivity index (χ2n) is 5.41. The number of hydrogen-bond acceptors (Lipinski definition) is 4. The van der Waals surface area contributed by atoms with Crippen molar-refractivity contribution in [1.29, 1.82) is 0 Å².